The quantitative estimate of drug-likeness (QED) is 0.307. The van der Waals surface area contributed by atoms with Gasteiger partial charge in [-0.15, -0.1) is 24.0 Å². The van der Waals surface area contributed by atoms with Crippen LogP contribution in [0.25, 0.3) is 0 Å². The number of hydrogen-bond acceptors (Lipinski definition) is 5. The number of piperidine rings is 1. The molecule has 178 valence electrons. The van der Waals surface area contributed by atoms with E-state index in [9.17, 15) is 0 Å². The van der Waals surface area contributed by atoms with Gasteiger partial charge in [0.15, 0.2) is 5.96 Å². The molecule has 0 aliphatic carbocycles. The normalized spacial score (nSPS) is 21.0. The highest BCUT2D eigenvalue weighted by atomic mass is 127. The number of hydrogen-bond donors (Lipinski definition) is 1. The summed E-state index contributed by atoms with van der Waals surface area (Å²) in [6.07, 6.45) is 3.70. The van der Waals surface area contributed by atoms with E-state index in [1.54, 1.807) is 0 Å². The monoisotopic (exact) mass is 546 g/mol. The van der Waals surface area contributed by atoms with Gasteiger partial charge < -0.3 is 19.5 Å². The third-order valence-corrected chi connectivity index (χ3v) is 6.90. The van der Waals surface area contributed by atoms with Gasteiger partial charge in [0.25, 0.3) is 0 Å². The molecule has 0 bridgehead atoms. The van der Waals surface area contributed by atoms with Gasteiger partial charge in [-0.05, 0) is 71.1 Å². The smallest absolute Gasteiger partial charge is 0.208 e. The molecule has 31 heavy (non-hydrogen) atoms. The summed E-state index contributed by atoms with van der Waals surface area (Å²) in [7, 11) is 1.92. The molecule has 0 amide bonds. The van der Waals surface area contributed by atoms with Crippen LogP contribution >= 0.6 is 24.0 Å². The van der Waals surface area contributed by atoms with Crippen LogP contribution in [-0.2, 0) is 6.54 Å². The number of aryl methyl sites for hydroxylation is 2. The standard InChI is InChI=1S/C23H42N6O.HI/c1-6-27(7-2)15-21-10-13-29(16-21)23(24-5)25-14-20-8-11-28(12-9-20)17-22-26-18(3)19(4)30-22;/h20-21H,6-17H2,1-5H3,(H,24,25);1H. The fraction of sp³-hybridized carbons (Fsp3) is 0.826. The van der Waals surface area contributed by atoms with E-state index in [2.05, 4.69) is 43.8 Å². The summed E-state index contributed by atoms with van der Waals surface area (Å²) in [4.78, 5) is 16.6. The van der Waals surface area contributed by atoms with Gasteiger partial charge in [0.05, 0.1) is 12.2 Å². The molecule has 7 nitrogen and oxygen atoms in total. The molecule has 3 heterocycles. The summed E-state index contributed by atoms with van der Waals surface area (Å²) in [5.74, 6) is 4.35. The van der Waals surface area contributed by atoms with Crippen molar-refractivity contribution in [3.63, 3.8) is 0 Å². The largest absolute Gasteiger partial charge is 0.444 e. The number of guanidine groups is 1. The number of aliphatic imine (C=N–C) groups is 1. The van der Waals surface area contributed by atoms with E-state index in [1.165, 1.54) is 25.8 Å². The molecule has 0 spiro atoms. The molecule has 1 N–H and O–H groups in total. The molecular formula is C23H43IN6O. The molecule has 2 saturated heterocycles. The first-order valence-electron chi connectivity index (χ1n) is 11.9. The first-order chi connectivity index (χ1) is 14.5. The fourth-order valence-electron chi connectivity index (χ4n) is 4.74. The van der Waals surface area contributed by atoms with Crippen LogP contribution in [-0.4, -0.2) is 85.0 Å². The third-order valence-electron chi connectivity index (χ3n) is 6.90. The maximum Gasteiger partial charge on any atom is 0.208 e. The van der Waals surface area contributed by atoms with Crippen molar-refractivity contribution in [2.75, 3.05) is 59.4 Å². The fourth-order valence-corrected chi connectivity index (χ4v) is 4.74. The Morgan fingerprint density at radius 3 is 2.39 bits per heavy atom. The topological polar surface area (TPSA) is 60.1 Å². The second kappa shape index (κ2) is 13.0. The van der Waals surface area contributed by atoms with Crippen molar-refractivity contribution in [3.8, 4) is 0 Å². The van der Waals surface area contributed by atoms with Gasteiger partial charge in [0, 0.05) is 33.2 Å². The zero-order valence-electron chi connectivity index (χ0n) is 20.2. The van der Waals surface area contributed by atoms with E-state index in [1.807, 2.05) is 20.9 Å². The first-order valence-corrected chi connectivity index (χ1v) is 11.9. The number of nitrogens with zero attached hydrogens (tertiary/aromatic N) is 5. The van der Waals surface area contributed by atoms with E-state index in [-0.39, 0.29) is 24.0 Å². The second-order valence-electron chi connectivity index (χ2n) is 8.98. The summed E-state index contributed by atoms with van der Waals surface area (Å²) >= 11 is 0. The van der Waals surface area contributed by atoms with Crippen LogP contribution in [0.3, 0.4) is 0 Å². The number of oxazole rings is 1. The van der Waals surface area contributed by atoms with Crippen LogP contribution in [0, 0.1) is 25.7 Å². The number of rotatable bonds is 8. The molecule has 1 aromatic rings. The van der Waals surface area contributed by atoms with E-state index >= 15 is 0 Å². The van der Waals surface area contributed by atoms with Crippen molar-refractivity contribution in [3.05, 3.63) is 17.3 Å². The molecule has 1 unspecified atom stereocenters. The minimum Gasteiger partial charge on any atom is -0.444 e. The Morgan fingerprint density at radius 1 is 1.13 bits per heavy atom. The van der Waals surface area contributed by atoms with Gasteiger partial charge in [-0.25, -0.2) is 4.98 Å². The Labute approximate surface area is 206 Å². The Bertz CT molecular complexity index is 662. The van der Waals surface area contributed by atoms with Crippen molar-refractivity contribution < 1.29 is 4.42 Å². The van der Waals surface area contributed by atoms with E-state index in [4.69, 9.17) is 4.42 Å². The molecule has 3 rings (SSSR count). The van der Waals surface area contributed by atoms with Crippen molar-refractivity contribution in [2.45, 2.75) is 53.5 Å². The highest BCUT2D eigenvalue weighted by Crippen LogP contribution is 2.21. The minimum atomic E-state index is 0. The number of likely N-dealkylation sites (tertiary alicyclic amines) is 2. The highest BCUT2D eigenvalue weighted by Gasteiger charge is 2.27. The lowest BCUT2D eigenvalue weighted by Crippen LogP contribution is -2.44. The predicted molar refractivity (Wildman–Crippen MR) is 138 cm³/mol. The maximum atomic E-state index is 5.75. The number of halogens is 1. The summed E-state index contributed by atoms with van der Waals surface area (Å²) < 4.78 is 5.75. The minimum absolute atomic E-state index is 0. The summed E-state index contributed by atoms with van der Waals surface area (Å²) in [6.45, 7) is 18.4. The molecule has 0 saturated carbocycles. The van der Waals surface area contributed by atoms with Gasteiger partial charge in [0.2, 0.25) is 5.89 Å². The molecule has 2 aliphatic rings. The molecule has 8 heteroatoms. The lowest BCUT2D eigenvalue weighted by molar-refractivity contribution is 0.163. The maximum absolute atomic E-state index is 5.75. The van der Waals surface area contributed by atoms with E-state index in [0.717, 1.165) is 81.6 Å². The van der Waals surface area contributed by atoms with Gasteiger partial charge in [-0.3, -0.25) is 9.89 Å². The average molecular weight is 547 g/mol. The predicted octanol–water partition coefficient (Wildman–Crippen LogP) is 3.36. The van der Waals surface area contributed by atoms with Gasteiger partial charge in [-0.2, -0.15) is 0 Å². The lowest BCUT2D eigenvalue weighted by atomic mass is 9.97. The van der Waals surface area contributed by atoms with Crippen molar-refractivity contribution in [2.24, 2.45) is 16.8 Å². The van der Waals surface area contributed by atoms with Crippen LogP contribution in [0.4, 0.5) is 0 Å². The third kappa shape index (κ3) is 7.60. The zero-order valence-corrected chi connectivity index (χ0v) is 22.5. The van der Waals surface area contributed by atoms with E-state index < -0.39 is 0 Å². The summed E-state index contributed by atoms with van der Waals surface area (Å²) in [6, 6.07) is 0. The first kappa shape index (κ1) is 26.4. The molecule has 0 radical (unpaired) electrons. The van der Waals surface area contributed by atoms with Crippen molar-refractivity contribution in [1.29, 1.82) is 0 Å². The van der Waals surface area contributed by atoms with Crippen molar-refractivity contribution >= 4 is 29.9 Å². The highest BCUT2D eigenvalue weighted by molar-refractivity contribution is 14.0. The Morgan fingerprint density at radius 2 is 1.81 bits per heavy atom. The van der Waals surface area contributed by atoms with Gasteiger partial charge in [0.1, 0.15) is 5.76 Å². The summed E-state index contributed by atoms with van der Waals surface area (Å²) in [5, 5.41) is 3.67. The van der Waals surface area contributed by atoms with Gasteiger partial charge >= 0.3 is 0 Å². The Hall–Kier alpha value is -0.870. The number of nitrogens with one attached hydrogen (secondary N) is 1. The summed E-state index contributed by atoms with van der Waals surface area (Å²) in [5.41, 5.74) is 1.01. The second-order valence-corrected chi connectivity index (χ2v) is 8.98. The average Bonchev–Trinajstić information content (AvgIpc) is 3.34. The van der Waals surface area contributed by atoms with Crippen LogP contribution in [0.1, 0.15) is 50.5 Å². The van der Waals surface area contributed by atoms with Crippen LogP contribution in [0.5, 0.6) is 0 Å². The Kier molecular flexibility index (Phi) is 11.1. The van der Waals surface area contributed by atoms with Crippen LogP contribution < -0.4 is 5.32 Å². The van der Waals surface area contributed by atoms with Crippen LogP contribution in [0.15, 0.2) is 9.41 Å². The number of aromatic nitrogens is 1. The van der Waals surface area contributed by atoms with Gasteiger partial charge in [-0.1, -0.05) is 13.8 Å². The molecule has 1 atom stereocenters. The Balaban J connectivity index is 0.00000341. The lowest BCUT2D eigenvalue weighted by Gasteiger charge is -2.32. The zero-order chi connectivity index (χ0) is 21.5. The molecule has 2 aliphatic heterocycles. The SMILES string of the molecule is CCN(CC)CC1CCN(C(=NC)NCC2CCN(Cc3nc(C)c(C)o3)CC2)C1.I. The molecule has 2 fully saturated rings. The van der Waals surface area contributed by atoms with Crippen LogP contribution in [0.2, 0.25) is 0 Å². The van der Waals surface area contributed by atoms with E-state index in [0.29, 0.717) is 5.92 Å². The molecule has 0 aromatic carbocycles. The van der Waals surface area contributed by atoms with Crippen molar-refractivity contribution in [1.82, 2.24) is 25.0 Å². The molecular weight excluding hydrogens is 503 g/mol. The molecule has 1 aromatic heterocycles.